The van der Waals surface area contributed by atoms with E-state index in [0.29, 0.717) is 18.7 Å². The monoisotopic (exact) mass is 452 g/mol. The Balaban J connectivity index is 1.76. The van der Waals surface area contributed by atoms with Gasteiger partial charge in [-0.15, -0.1) is 0 Å². The van der Waals surface area contributed by atoms with Crippen LogP contribution in [0.2, 0.25) is 0 Å². The van der Waals surface area contributed by atoms with Crippen molar-refractivity contribution in [2.24, 2.45) is 0 Å². The van der Waals surface area contributed by atoms with Crippen LogP contribution in [0.5, 0.6) is 5.75 Å². The molecule has 3 aromatic carbocycles. The fourth-order valence-electron chi connectivity index (χ4n) is 3.31. The average molecular weight is 453 g/mol. The second-order valence-corrected chi connectivity index (χ2v) is 9.42. The molecule has 168 valence electrons. The molecular weight excluding hydrogens is 424 g/mol. The van der Waals surface area contributed by atoms with Gasteiger partial charge in [0.2, 0.25) is 5.91 Å². The summed E-state index contributed by atoms with van der Waals surface area (Å²) in [6.45, 7) is 3.82. The van der Waals surface area contributed by atoms with Crippen LogP contribution in [0.3, 0.4) is 0 Å². The van der Waals surface area contributed by atoms with Gasteiger partial charge in [0.15, 0.2) is 0 Å². The molecule has 0 aromatic heterocycles. The maximum absolute atomic E-state index is 13.4. The molecule has 6 nitrogen and oxygen atoms in total. The van der Waals surface area contributed by atoms with Crippen LogP contribution < -0.4 is 14.4 Å². The summed E-state index contributed by atoms with van der Waals surface area (Å²) in [5.74, 6) is 0.408. The van der Waals surface area contributed by atoms with Crippen molar-refractivity contribution in [2.45, 2.75) is 25.2 Å². The molecule has 0 saturated carbocycles. The first-order valence-electron chi connectivity index (χ1n) is 10.4. The summed E-state index contributed by atoms with van der Waals surface area (Å²) in [5.41, 5.74) is 3.27. The van der Waals surface area contributed by atoms with E-state index in [1.807, 2.05) is 50.2 Å². The number of aryl methyl sites for hydroxylation is 2. The molecule has 0 saturated heterocycles. The van der Waals surface area contributed by atoms with Crippen LogP contribution in [0.1, 0.15) is 16.7 Å². The lowest BCUT2D eigenvalue weighted by Crippen LogP contribution is -2.41. The largest absolute Gasteiger partial charge is 0.497 e. The molecule has 0 bridgehead atoms. The van der Waals surface area contributed by atoms with Gasteiger partial charge in [0.1, 0.15) is 12.3 Å². The van der Waals surface area contributed by atoms with E-state index < -0.39 is 10.0 Å². The standard InChI is InChI=1S/C25H28N2O4S/c1-19-8-14-23(15-9-19)32(29,30)27(24-7-5-4-6-20(24)2)18-25(28)26-17-16-21-10-12-22(31-3)13-11-21/h4-15H,16-18H2,1-3H3,(H,26,28). The normalized spacial score (nSPS) is 11.1. The van der Waals surface area contributed by atoms with Crippen molar-refractivity contribution in [3.63, 3.8) is 0 Å². The van der Waals surface area contributed by atoms with Crippen LogP contribution in [0.25, 0.3) is 0 Å². The number of methoxy groups -OCH3 is 1. The SMILES string of the molecule is COc1ccc(CCNC(=O)CN(c2ccccc2C)S(=O)(=O)c2ccc(C)cc2)cc1. The average Bonchev–Trinajstić information content (AvgIpc) is 2.79. The van der Waals surface area contributed by atoms with Gasteiger partial charge < -0.3 is 10.1 Å². The zero-order chi connectivity index (χ0) is 23.1. The molecule has 3 rings (SSSR count). The summed E-state index contributed by atoms with van der Waals surface area (Å²) in [4.78, 5) is 12.9. The van der Waals surface area contributed by atoms with Gasteiger partial charge in [-0.2, -0.15) is 0 Å². The second kappa shape index (κ2) is 10.3. The number of ether oxygens (including phenoxy) is 1. The van der Waals surface area contributed by atoms with E-state index in [9.17, 15) is 13.2 Å². The lowest BCUT2D eigenvalue weighted by Gasteiger charge is -2.25. The Morgan fingerprint density at radius 2 is 1.59 bits per heavy atom. The van der Waals surface area contributed by atoms with Gasteiger partial charge in [-0.05, 0) is 61.7 Å². The number of rotatable bonds is 9. The van der Waals surface area contributed by atoms with Crippen LogP contribution in [-0.2, 0) is 21.2 Å². The molecule has 0 heterocycles. The lowest BCUT2D eigenvalue weighted by molar-refractivity contribution is -0.119. The van der Waals surface area contributed by atoms with Gasteiger partial charge >= 0.3 is 0 Å². The van der Waals surface area contributed by atoms with Gasteiger partial charge in [0.05, 0.1) is 17.7 Å². The highest BCUT2D eigenvalue weighted by Gasteiger charge is 2.28. The molecule has 0 spiro atoms. The van der Waals surface area contributed by atoms with Crippen LogP contribution in [-0.4, -0.2) is 34.5 Å². The van der Waals surface area contributed by atoms with Crippen LogP contribution >= 0.6 is 0 Å². The van der Waals surface area contributed by atoms with Gasteiger partial charge in [-0.1, -0.05) is 48.0 Å². The number of sulfonamides is 1. The Bertz CT molecular complexity index is 1160. The summed E-state index contributed by atoms with van der Waals surface area (Å²) in [5, 5.41) is 2.84. The predicted octanol–water partition coefficient (Wildman–Crippen LogP) is 3.87. The van der Waals surface area contributed by atoms with Crippen molar-refractivity contribution in [2.75, 3.05) is 24.5 Å². The highest BCUT2D eigenvalue weighted by molar-refractivity contribution is 7.92. The highest BCUT2D eigenvalue weighted by Crippen LogP contribution is 2.26. The summed E-state index contributed by atoms with van der Waals surface area (Å²) in [7, 11) is -2.30. The molecular formula is C25H28N2O4S. The number of benzene rings is 3. The maximum atomic E-state index is 13.4. The second-order valence-electron chi connectivity index (χ2n) is 7.56. The topological polar surface area (TPSA) is 75.7 Å². The third kappa shape index (κ3) is 5.68. The zero-order valence-corrected chi connectivity index (χ0v) is 19.4. The number of hydrogen-bond acceptors (Lipinski definition) is 4. The zero-order valence-electron chi connectivity index (χ0n) is 18.5. The van der Waals surface area contributed by atoms with Gasteiger partial charge in [0, 0.05) is 6.54 Å². The molecule has 32 heavy (non-hydrogen) atoms. The molecule has 0 unspecified atom stereocenters. The molecule has 1 N–H and O–H groups in total. The van der Waals surface area contributed by atoms with Crippen molar-refractivity contribution in [1.29, 1.82) is 0 Å². The van der Waals surface area contributed by atoms with E-state index in [1.54, 1.807) is 43.5 Å². The van der Waals surface area contributed by atoms with E-state index in [2.05, 4.69) is 5.32 Å². The minimum Gasteiger partial charge on any atom is -0.497 e. The summed E-state index contributed by atoms with van der Waals surface area (Å²) >= 11 is 0. The van der Waals surface area contributed by atoms with Gasteiger partial charge in [0.25, 0.3) is 10.0 Å². The molecule has 0 fully saturated rings. The third-order valence-electron chi connectivity index (χ3n) is 5.18. The molecule has 3 aromatic rings. The summed E-state index contributed by atoms with van der Waals surface area (Å²) < 4.78 is 33.2. The Labute approximate surface area is 189 Å². The van der Waals surface area contributed by atoms with Crippen molar-refractivity contribution in [3.8, 4) is 5.75 Å². The van der Waals surface area contributed by atoms with E-state index >= 15 is 0 Å². The molecule has 0 aliphatic rings. The summed E-state index contributed by atoms with van der Waals surface area (Å²) in [6.07, 6.45) is 0.630. The number of nitrogens with zero attached hydrogens (tertiary/aromatic N) is 1. The first-order chi connectivity index (χ1) is 15.3. The van der Waals surface area contributed by atoms with E-state index in [4.69, 9.17) is 4.74 Å². The number of para-hydroxylation sites is 1. The molecule has 0 radical (unpaired) electrons. The molecule has 0 atom stereocenters. The lowest BCUT2D eigenvalue weighted by atomic mass is 10.1. The number of carbonyl (C=O) groups excluding carboxylic acids is 1. The van der Waals surface area contributed by atoms with Crippen molar-refractivity contribution in [1.82, 2.24) is 5.32 Å². The molecule has 0 aliphatic heterocycles. The van der Waals surface area contributed by atoms with Crippen LogP contribution in [0.15, 0.2) is 77.7 Å². The molecule has 0 aliphatic carbocycles. The molecule has 7 heteroatoms. The first kappa shape index (κ1) is 23.3. The van der Waals surface area contributed by atoms with Gasteiger partial charge in [-0.25, -0.2) is 8.42 Å². The van der Waals surface area contributed by atoms with E-state index in [-0.39, 0.29) is 17.3 Å². The number of nitrogens with one attached hydrogen (secondary N) is 1. The molecule has 1 amide bonds. The maximum Gasteiger partial charge on any atom is 0.264 e. The van der Waals surface area contributed by atoms with Gasteiger partial charge in [-0.3, -0.25) is 9.10 Å². The predicted molar refractivity (Wildman–Crippen MR) is 127 cm³/mol. The van der Waals surface area contributed by atoms with Crippen molar-refractivity contribution < 1.29 is 17.9 Å². The van der Waals surface area contributed by atoms with Crippen LogP contribution in [0, 0.1) is 13.8 Å². The number of hydrogen-bond donors (Lipinski definition) is 1. The van der Waals surface area contributed by atoms with E-state index in [1.165, 1.54) is 4.31 Å². The van der Waals surface area contributed by atoms with Crippen LogP contribution in [0.4, 0.5) is 5.69 Å². The third-order valence-corrected chi connectivity index (χ3v) is 6.95. The minimum atomic E-state index is -3.91. The number of anilines is 1. The van der Waals surface area contributed by atoms with Crippen molar-refractivity contribution in [3.05, 3.63) is 89.5 Å². The minimum absolute atomic E-state index is 0.150. The Hall–Kier alpha value is -3.32. The van der Waals surface area contributed by atoms with E-state index in [0.717, 1.165) is 22.4 Å². The number of carbonyl (C=O) groups is 1. The Morgan fingerprint density at radius 3 is 2.22 bits per heavy atom. The Morgan fingerprint density at radius 1 is 0.938 bits per heavy atom. The van der Waals surface area contributed by atoms with Crippen molar-refractivity contribution >= 4 is 21.6 Å². The smallest absolute Gasteiger partial charge is 0.264 e. The highest BCUT2D eigenvalue weighted by atomic mass is 32.2. The fraction of sp³-hybridized carbons (Fsp3) is 0.240. The summed E-state index contributed by atoms with van der Waals surface area (Å²) in [6, 6.07) is 21.4. The number of amides is 1. The Kier molecular flexibility index (Phi) is 7.53. The first-order valence-corrected chi connectivity index (χ1v) is 11.8. The quantitative estimate of drug-likeness (QED) is 0.535. The fourth-order valence-corrected chi connectivity index (χ4v) is 4.79.